The molecule has 0 radical (unpaired) electrons. The highest BCUT2D eigenvalue weighted by molar-refractivity contribution is 5.67. The van der Waals surface area contributed by atoms with Crippen molar-refractivity contribution < 1.29 is 14.3 Å². The van der Waals surface area contributed by atoms with Gasteiger partial charge in [-0.1, -0.05) is 0 Å². The molecule has 72 valence electrons. The Morgan fingerprint density at radius 1 is 1.38 bits per heavy atom. The molecular weight excluding hydrogens is 168 g/mol. The molecule has 0 spiro atoms. The third-order valence-corrected chi connectivity index (χ3v) is 3.60. The van der Waals surface area contributed by atoms with Gasteiger partial charge in [0.25, 0.3) is 0 Å². The zero-order chi connectivity index (χ0) is 9.05. The van der Waals surface area contributed by atoms with E-state index in [1.165, 1.54) is 0 Å². The maximum Gasteiger partial charge on any atom is 0.154 e. The van der Waals surface area contributed by atoms with E-state index in [-0.39, 0.29) is 6.10 Å². The van der Waals surface area contributed by atoms with E-state index < -0.39 is 5.60 Å². The van der Waals surface area contributed by atoms with Crippen LogP contribution in [0.1, 0.15) is 26.2 Å². The lowest BCUT2D eigenvalue weighted by Crippen LogP contribution is -2.24. The summed E-state index contributed by atoms with van der Waals surface area (Å²) in [5, 5.41) is 0. The minimum absolute atomic E-state index is 0.176. The van der Waals surface area contributed by atoms with Crippen LogP contribution >= 0.6 is 0 Å². The predicted molar refractivity (Wildman–Crippen MR) is 45.3 cm³/mol. The molecule has 1 saturated carbocycles. The second-order valence-corrected chi connectivity index (χ2v) is 4.63. The van der Waals surface area contributed by atoms with Gasteiger partial charge in [-0.25, -0.2) is 0 Å². The molecule has 3 nitrogen and oxygen atoms in total. The molecule has 5 unspecified atom stereocenters. The predicted octanol–water partition coefficient (Wildman–Crippen LogP) is 0.910. The summed E-state index contributed by atoms with van der Waals surface area (Å²) in [6.45, 7) is 1.88. The highest BCUT2D eigenvalue weighted by Crippen LogP contribution is 2.49. The average molecular weight is 182 g/mol. The Morgan fingerprint density at radius 2 is 2.23 bits per heavy atom. The molecular formula is C10H14O3. The summed E-state index contributed by atoms with van der Waals surface area (Å²) >= 11 is 0. The zero-order valence-electron chi connectivity index (χ0n) is 7.73. The van der Waals surface area contributed by atoms with Crippen molar-refractivity contribution in [2.24, 2.45) is 5.92 Å². The largest absolute Gasteiger partial charge is 0.370 e. The molecule has 2 aliphatic heterocycles. The van der Waals surface area contributed by atoms with Crippen LogP contribution in [0.25, 0.3) is 0 Å². The first-order chi connectivity index (χ1) is 6.23. The molecule has 0 bridgehead atoms. The number of carbonyl (C=O) groups excluding carboxylic acids is 1. The van der Waals surface area contributed by atoms with E-state index in [2.05, 4.69) is 0 Å². The average Bonchev–Trinajstić information content (AvgIpc) is 2.99. The summed E-state index contributed by atoms with van der Waals surface area (Å²) in [5.74, 6) is 0.555. The van der Waals surface area contributed by atoms with Crippen LogP contribution in [0.15, 0.2) is 0 Å². The van der Waals surface area contributed by atoms with Gasteiger partial charge in [-0.05, 0) is 32.1 Å². The van der Waals surface area contributed by atoms with Crippen LogP contribution in [0.2, 0.25) is 0 Å². The molecule has 5 atom stereocenters. The topological polar surface area (TPSA) is 42.1 Å². The van der Waals surface area contributed by atoms with Gasteiger partial charge in [0.1, 0.15) is 5.60 Å². The van der Waals surface area contributed by atoms with Gasteiger partial charge in [0.2, 0.25) is 0 Å². The number of ether oxygens (including phenoxy) is 2. The highest BCUT2D eigenvalue weighted by Gasteiger charge is 2.59. The molecule has 3 rings (SSSR count). The van der Waals surface area contributed by atoms with Crippen LogP contribution in [0.4, 0.5) is 0 Å². The Bertz CT molecular complexity index is 253. The monoisotopic (exact) mass is 182 g/mol. The maximum absolute atomic E-state index is 10.7. The number of aldehydes is 1. The van der Waals surface area contributed by atoms with Crippen molar-refractivity contribution in [1.29, 1.82) is 0 Å². The van der Waals surface area contributed by atoms with Gasteiger partial charge in [-0.3, -0.25) is 0 Å². The van der Waals surface area contributed by atoms with Crippen molar-refractivity contribution >= 4 is 6.29 Å². The fourth-order valence-electron chi connectivity index (χ4n) is 2.61. The second-order valence-electron chi connectivity index (χ2n) is 4.63. The van der Waals surface area contributed by atoms with Crippen molar-refractivity contribution in [3.05, 3.63) is 0 Å². The normalized spacial score (nSPS) is 58.2. The molecule has 3 fully saturated rings. The Balaban J connectivity index is 1.64. The van der Waals surface area contributed by atoms with Crippen LogP contribution in [0.5, 0.6) is 0 Å². The smallest absolute Gasteiger partial charge is 0.154 e. The third-order valence-electron chi connectivity index (χ3n) is 3.60. The lowest BCUT2D eigenvalue weighted by molar-refractivity contribution is -0.111. The van der Waals surface area contributed by atoms with Crippen LogP contribution in [-0.2, 0) is 14.3 Å². The van der Waals surface area contributed by atoms with Gasteiger partial charge < -0.3 is 14.3 Å². The van der Waals surface area contributed by atoms with E-state index in [4.69, 9.17) is 9.47 Å². The first-order valence-electron chi connectivity index (χ1n) is 5.02. The Morgan fingerprint density at radius 3 is 2.85 bits per heavy atom. The van der Waals surface area contributed by atoms with E-state index in [1.54, 1.807) is 0 Å². The van der Waals surface area contributed by atoms with E-state index in [9.17, 15) is 4.79 Å². The second kappa shape index (κ2) is 2.34. The van der Waals surface area contributed by atoms with Crippen molar-refractivity contribution in [1.82, 2.24) is 0 Å². The molecule has 2 saturated heterocycles. The van der Waals surface area contributed by atoms with Crippen LogP contribution in [0, 0.1) is 5.92 Å². The van der Waals surface area contributed by atoms with Gasteiger partial charge in [-0.15, -0.1) is 0 Å². The SMILES string of the molecule is CC1(C=O)OC1C1CCC2OC2C1. The van der Waals surface area contributed by atoms with Gasteiger partial charge in [0.05, 0.1) is 18.3 Å². The van der Waals surface area contributed by atoms with Crippen molar-refractivity contribution in [3.8, 4) is 0 Å². The molecule has 1 aliphatic carbocycles. The molecule has 2 heterocycles. The first kappa shape index (κ1) is 7.94. The van der Waals surface area contributed by atoms with E-state index in [0.29, 0.717) is 18.1 Å². The number of fused-ring (bicyclic) bond motifs is 1. The summed E-state index contributed by atoms with van der Waals surface area (Å²) in [7, 11) is 0. The van der Waals surface area contributed by atoms with Gasteiger partial charge in [0, 0.05) is 0 Å². The number of epoxide rings is 2. The van der Waals surface area contributed by atoms with Gasteiger partial charge >= 0.3 is 0 Å². The molecule has 3 aliphatic rings. The first-order valence-corrected chi connectivity index (χ1v) is 5.02. The maximum atomic E-state index is 10.7. The minimum atomic E-state index is -0.466. The number of hydrogen-bond donors (Lipinski definition) is 0. The Labute approximate surface area is 77.4 Å². The van der Waals surface area contributed by atoms with Gasteiger partial charge in [0.15, 0.2) is 6.29 Å². The summed E-state index contributed by atoms with van der Waals surface area (Å²) in [5.41, 5.74) is -0.466. The zero-order valence-corrected chi connectivity index (χ0v) is 7.73. The van der Waals surface area contributed by atoms with Crippen molar-refractivity contribution in [2.75, 3.05) is 0 Å². The molecule has 13 heavy (non-hydrogen) atoms. The number of carbonyl (C=O) groups is 1. The fraction of sp³-hybridized carbons (Fsp3) is 0.900. The number of rotatable bonds is 2. The standard InChI is InChI=1S/C10H14O3/c1-10(5-11)9(13-10)6-2-3-7-8(4-6)12-7/h5-9H,2-4H2,1H3. The summed E-state index contributed by atoms with van der Waals surface area (Å²) < 4.78 is 10.9. The molecule has 0 amide bonds. The molecule has 0 aromatic heterocycles. The Kier molecular flexibility index (Phi) is 1.43. The molecule has 0 aromatic carbocycles. The van der Waals surface area contributed by atoms with Crippen LogP contribution < -0.4 is 0 Å². The lowest BCUT2D eigenvalue weighted by atomic mass is 9.83. The van der Waals surface area contributed by atoms with Crippen LogP contribution in [-0.4, -0.2) is 30.2 Å². The van der Waals surface area contributed by atoms with Gasteiger partial charge in [-0.2, -0.15) is 0 Å². The highest BCUT2D eigenvalue weighted by atomic mass is 16.6. The quantitative estimate of drug-likeness (QED) is 0.471. The summed E-state index contributed by atoms with van der Waals surface area (Å²) in [4.78, 5) is 10.7. The fourth-order valence-corrected chi connectivity index (χ4v) is 2.61. The summed E-state index contributed by atoms with van der Waals surface area (Å²) in [6, 6.07) is 0. The van der Waals surface area contributed by atoms with E-state index in [0.717, 1.165) is 25.5 Å². The summed E-state index contributed by atoms with van der Waals surface area (Å²) in [6.07, 6.45) is 5.56. The Hall–Kier alpha value is -0.410. The van der Waals surface area contributed by atoms with E-state index >= 15 is 0 Å². The van der Waals surface area contributed by atoms with Crippen molar-refractivity contribution in [3.63, 3.8) is 0 Å². The lowest BCUT2D eigenvalue weighted by Gasteiger charge is -2.16. The van der Waals surface area contributed by atoms with Crippen LogP contribution in [0.3, 0.4) is 0 Å². The molecule has 3 heteroatoms. The number of hydrogen-bond acceptors (Lipinski definition) is 3. The minimum Gasteiger partial charge on any atom is -0.370 e. The molecule has 0 aromatic rings. The molecule has 0 N–H and O–H groups in total. The van der Waals surface area contributed by atoms with E-state index in [1.807, 2.05) is 6.92 Å². The third kappa shape index (κ3) is 1.14. The van der Waals surface area contributed by atoms with Crippen molar-refractivity contribution in [2.45, 2.75) is 50.1 Å².